The first-order chi connectivity index (χ1) is 8.59. The van der Waals surface area contributed by atoms with Crippen LogP contribution in [0.3, 0.4) is 0 Å². The molecule has 0 aromatic carbocycles. The van der Waals surface area contributed by atoms with Crippen LogP contribution >= 0.6 is 0 Å². The number of imidazole rings is 1. The van der Waals surface area contributed by atoms with Gasteiger partial charge >= 0.3 is 0 Å². The lowest BCUT2D eigenvalue weighted by Crippen LogP contribution is -2.45. The van der Waals surface area contributed by atoms with Crippen molar-refractivity contribution in [1.82, 2.24) is 14.5 Å². The van der Waals surface area contributed by atoms with Gasteiger partial charge < -0.3 is 15.2 Å². The first-order valence-electron chi connectivity index (χ1n) is 6.51. The summed E-state index contributed by atoms with van der Waals surface area (Å²) in [6.07, 6.45) is 7.71. The van der Waals surface area contributed by atoms with Gasteiger partial charge in [-0.2, -0.15) is 0 Å². The van der Waals surface area contributed by atoms with Crippen LogP contribution in [-0.2, 0) is 18.4 Å². The van der Waals surface area contributed by atoms with Crippen LogP contribution in [0.25, 0.3) is 0 Å². The minimum atomic E-state index is -0.320. The van der Waals surface area contributed by atoms with Crippen molar-refractivity contribution in [3.8, 4) is 0 Å². The molecule has 1 heterocycles. The highest BCUT2D eigenvalue weighted by molar-refractivity contribution is 5.83. The number of carbonyl (C=O) groups is 1. The summed E-state index contributed by atoms with van der Waals surface area (Å²) in [4.78, 5) is 18.6. The van der Waals surface area contributed by atoms with Crippen molar-refractivity contribution in [2.24, 2.45) is 18.2 Å². The summed E-state index contributed by atoms with van der Waals surface area (Å²) in [5.74, 6) is 1.07. The molecule has 0 saturated heterocycles. The molecule has 0 radical (unpaired) electrons. The highest BCUT2D eigenvalue weighted by Gasteiger charge is 2.41. The van der Waals surface area contributed by atoms with Gasteiger partial charge in [0.05, 0.1) is 12.0 Å². The molecule has 2 N–H and O–H groups in total. The topological polar surface area (TPSA) is 64.2 Å². The number of aryl methyl sites for hydroxylation is 1. The molecule has 1 fully saturated rings. The number of nitrogens with two attached hydrogens (primary N) is 1. The number of aromatic nitrogens is 2. The van der Waals surface area contributed by atoms with Crippen LogP contribution in [0.4, 0.5) is 0 Å². The largest absolute Gasteiger partial charge is 0.338 e. The summed E-state index contributed by atoms with van der Waals surface area (Å²) in [5, 5.41) is 0. The fraction of sp³-hybridized carbons (Fsp3) is 0.692. The third-order valence-corrected chi connectivity index (χ3v) is 4.05. The molecule has 1 saturated carbocycles. The lowest BCUT2D eigenvalue weighted by atomic mass is 9.85. The smallest absolute Gasteiger partial charge is 0.230 e. The van der Waals surface area contributed by atoms with E-state index in [4.69, 9.17) is 5.73 Å². The monoisotopic (exact) mass is 250 g/mol. The highest BCUT2D eigenvalue weighted by atomic mass is 16.2. The molecule has 1 aliphatic rings. The Morgan fingerprint density at radius 2 is 2.22 bits per heavy atom. The SMILES string of the molecule is CN(Cc1nccn1C)C(=O)C1(CN)CCCC1. The zero-order valence-electron chi connectivity index (χ0n) is 11.2. The van der Waals surface area contributed by atoms with Gasteiger partial charge in [0.1, 0.15) is 5.82 Å². The standard InChI is InChI=1S/C13H22N4O/c1-16-8-7-15-11(16)9-17(2)12(18)13(10-14)5-3-4-6-13/h7-8H,3-6,9-10,14H2,1-2H3. The van der Waals surface area contributed by atoms with Gasteiger partial charge in [0.2, 0.25) is 5.91 Å². The molecule has 18 heavy (non-hydrogen) atoms. The van der Waals surface area contributed by atoms with E-state index >= 15 is 0 Å². The number of amides is 1. The molecule has 5 nitrogen and oxygen atoms in total. The van der Waals surface area contributed by atoms with Crippen LogP contribution in [0, 0.1) is 5.41 Å². The van der Waals surface area contributed by atoms with E-state index in [0.717, 1.165) is 31.5 Å². The van der Waals surface area contributed by atoms with Crippen LogP contribution < -0.4 is 5.73 Å². The van der Waals surface area contributed by atoms with Gasteiger partial charge in [0.15, 0.2) is 0 Å². The Kier molecular flexibility index (Phi) is 3.71. The first kappa shape index (κ1) is 13.1. The van der Waals surface area contributed by atoms with Crippen LogP contribution in [0.1, 0.15) is 31.5 Å². The second-order valence-electron chi connectivity index (χ2n) is 5.31. The average molecular weight is 250 g/mol. The molecule has 0 aliphatic heterocycles. The van der Waals surface area contributed by atoms with E-state index in [9.17, 15) is 4.79 Å². The van der Waals surface area contributed by atoms with E-state index in [1.807, 2.05) is 24.9 Å². The maximum absolute atomic E-state index is 12.5. The molecule has 1 amide bonds. The zero-order chi connectivity index (χ0) is 13.2. The third-order valence-electron chi connectivity index (χ3n) is 4.05. The van der Waals surface area contributed by atoms with Crippen LogP contribution in [-0.4, -0.2) is 34.0 Å². The average Bonchev–Trinajstić information content (AvgIpc) is 2.99. The molecule has 0 unspecified atom stereocenters. The summed E-state index contributed by atoms with van der Waals surface area (Å²) in [5.41, 5.74) is 5.52. The first-order valence-corrected chi connectivity index (χ1v) is 6.51. The predicted molar refractivity (Wildman–Crippen MR) is 69.6 cm³/mol. The van der Waals surface area contributed by atoms with Gasteiger partial charge in [-0.1, -0.05) is 12.8 Å². The Labute approximate surface area is 108 Å². The number of carbonyl (C=O) groups excluding carboxylic acids is 1. The fourth-order valence-corrected chi connectivity index (χ4v) is 2.79. The Balaban J connectivity index is 2.06. The Hall–Kier alpha value is -1.36. The number of hydrogen-bond donors (Lipinski definition) is 1. The molecule has 1 aliphatic carbocycles. The lowest BCUT2D eigenvalue weighted by Gasteiger charge is -2.31. The fourth-order valence-electron chi connectivity index (χ4n) is 2.79. The van der Waals surface area contributed by atoms with Gasteiger partial charge in [0.25, 0.3) is 0 Å². The van der Waals surface area contributed by atoms with E-state index < -0.39 is 0 Å². The molecule has 5 heteroatoms. The summed E-state index contributed by atoms with van der Waals surface area (Å²) < 4.78 is 1.94. The molecule has 100 valence electrons. The van der Waals surface area contributed by atoms with Crippen molar-refractivity contribution < 1.29 is 4.79 Å². The van der Waals surface area contributed by atoms with Gasteiger partial charge in [-0.15, -0.1) is 0 Å². The van der Waals surface area contributed by atoms with Gasteiger partial charge in [-0.3, -0.25) is 4.79 Å². The second-order valence-corrected chi connectivity index (χ2v) is 5.31. The molecular formula is C13H22N4O. The molecule has 0 bridgehead atoms. The maximum Gasteiger partial charge on any atom is 0.230 e. The van der Waals surface area contributed by atoms with Crippen molar-refractivity contribution >= 4 is 5.91 Å². The second kappa shape index (κ2) is 5.10. The van der Waals surface area contributed by atoms with E-state index in [1.54, 1.807) is 11.1 Å². The van der Waals surface area contributed by atoms with Crippen molar-refractivity contribution in [3.63, 3.8) is 0 Å². The van der Waals surface area contributed by atoms with Crippen LogP contribution in [0.5, 0.6) is 0 Å². The summed E-state index contributed by atoms with van der Waals surface area (Å²) >= 11 is 0. The molecule has 0 spiro atoms. The number of rotatable bonds is 4. The molecule has 1 aromatic rings. The Bertz CT molecular complexity index is 420. The quantitative estimate of drug-likeness (QED) is 0.863. The van der Waals surface area contributed by atoms with Crippen molar-refractivity contribution in [2.75, 3.05) is 13.6 Å². The van der Waals surface area contributed by atoms with Gasteiger partial charge in [-0.05, 0) is 12.8 Å². The summed E-state index contributed by atoms with van der Waals surface area (Å²) in [7, 11) is 3.78. The molecule has 0 atom stereocenters. The summed E-state index contributed by atoms with van der Waals surface area (Å²) in [6.45, 7) is 1.00. The van der Waals surface area contributed by atoms with Gasteiger partial charge in [-0.25, -0.2) is 4.98 Å². The minimum absolute atomic E-state index is 0.172. The third kappa shape index (κ3) is 2.27. The Morgan fingerprint density at radius 3 is 2.72 bits per heavy atom. The van der Waals surface area contributed by atoms with Crippen molar-refractivity contribution in [3.05, 3.63) is 18.2 Å². The Morgan fingerprint density at radius 1 is 1.56 bits per heavy atom. The van der Waals surface area contributed by atoms with Gasteiger partial charge in [0, 0.05) is 33.0 Å². The lowest BCUT2D eigenvalue weighted by molar-refractivity contribution is -0.140. The summed E-state index contributed by atoms with van der Waals surface area (Å²) in [6, 6.07) is 0. The minimum Gasteiger partial charge on any atom is -0.338 e. The highest BCUT2D eigenvalue weighted by Crippen LogP contribution is 2.38. The number of hydrogen-bond acceptors (Lipinski definition) is 3. The molecular weight excluding hydrogens is 228 g/mol. The maximum atomic E-state index is 12.5. The molecule has 2 rings (SSSR count). The van der Waals surface area contributed by atoms with Crippen molar-refractivity contribution in [2.45, 2.75) is 32.2 Å². The predicted octanol–water partition coefficient (Wildman–Crippen LogP) is 0.898. The van der Waals surface area contributed by atoms with E-state index in [1.165, 1.54) is 0 Å². The van der Waals surface area contributed by atoms with E-state index in [2.05, 4.69) is 4.98 Å². The van der Waals surface area contributed by atoms with Crippen LogP contribution in [0.2, 0.25) is 0 Å². The molecule has 1 aromatic heterocycles. The van der Waals surface area contributed by atoms with Crippen LogP contribution in [0.15, 0.2) is 12.4 Å². The normalized spacial score (nSPS) is 17.9. The van der Waals surface area contributed by atoms with E-state index in [0.29, 0.717) is 13.1 Å². The van der Waals surface area contributed by atoms with E-state index in [-0.39, 0.29) is 11.3 Å². The number of nitrogens with zero attached hydrogens (tertiary/aromatic N) is 3. The zero-order valence-corrected chi connectivity index (χ0v) is 11.2. The van der Waals surface area contributed by atoms with Crippen molar-refractivity contribution in [1.29, 1.82) is 0 Å².